The number of aromatic amines is 1. The van der Waals surface area contributed by atoms with Gasteiger partial charge in [0.1, 0.15) is 0 Å². The molecule has 94 valence electrons. The van der Waals surface area contributed by atoms with Crippen LogP contribution in [0.4, 0.5) is 5.69 Å². The van der Waals surface area contributed by atoms with E-state index in [1.807, 2.05) is 0 Å². The zero-order chi connectivity index (χ0) is 12.8. The van der Waals surface area contributed by atoms with Crippen molar-refractivity contribution in [2.75, 3.05) is 11.9 Å². The van der Waals surface area contributed by atoms with Gasteiger partial charge in [-0.15, -0.1) is 0 Å². The van der Waals surface area contributed by atoms with Gasteiger partial charge in [0, 0.05) is 18.3 Å². The fourth-order valence-corrected chi connectivity index (χ4v) is 1.94. The third-order valence-electron chi connectivity index (χ3n) is 3.36. The summed E-state index contributed by atoms with van der Waals surface area (Å²) >= 11 is 0. The Morgan fingerprint density at radius 1 is 1.50 bits per heavy atom. The van der Waals surface area contributed by atoms with E-state index in [2.05, 4.69) is 10.3 Å². The van der Waals surface area contributed by atoms with Crippen LogP contribution in [0, 0.1) is 5.41 Å². The van der Waals surface area contributed by atoms with E-state index in [0.29, 0.717) is 30.5 Å². The minimum Gasteiger partial charge on any atom is -0.481 e. The van der Waals surface area contributed by atoms with Crippen LogP contribution in [-0.2, 0) is 4.79 Å². The number of carboxylic acids is 1. The van der Waals surface area contributed by atoms with Crippen molar-refractivity contribution in [2.24, 2.45) is 5.41 Å². The lowest BCUT2D eigenvalue weighted by molar-refractivity contribution is -0.142. The number of nitrogens with one attached hydrogen (secondary N) is 2. The highest BCUT2D eigenvalue weighted by Crippen LogP contribution is 2.45. The lowest BCUT2D eigenvalue weighted by Gasteiger charge is -2.11. The van der Waals surface area contributed by atoms with Crippen LogP contribution in [0.3, 0.4) is 0 Å². The predicted octanol–water partition coefficient (Wildman–Crippen LogP) is 1.40. The SMILES string of the molecule is O=C(O)C1(CNc2ccc3[nH]c(=O)oc3c2)CC1. The average molecular weight is 248 g/mol. The number of oxazole rings is 1. The number of rotatable bonds is 4. The molecule has 0 aliphatic heterocycles. The molecule has 0 saturated heterocycles. The molecule has 3 N–H and O–H groups in total. The van der Waals surface area contributed by atoms with Crippen LogP contribution >= 0.6 is 0 Å². The molecule has 1 fully saturated rings. The topological polar surface area (TPSA) is 95.3 Å². The van der Waals surface area contributed by atoms with Gasteiger partial charge in [0.05, 0.1) is 10.9 Å². The smallest absolute Gasteiger partial charge is 0.417 e. The predicted molar refractivity (Wildman–Crippen MR) is 64.6 cm³/mol. The molecule has 6 nitrogen and oxygen atoms in total. The van der Waals surface area contributed by atoms with E-state index < -0.39 is 17.1 Å². The largest absolute Gasteiger partial charge is 0.481 e. The molecule has 3 rings (SSSR count). The van der Waals surface area contributed by atoms with Crippen LogP contribution in [0.5, 0.6) is 0 Å². The number of anilines is 1. The van der Waals surface area contributed by atoms with Crippen LogP contribution in [0.2, 0.25) is 0 Å². The quantitative estimate of drug-likeness (QED) is 0.760. The number of H-pyrrole nitrogens is 1. The Morgan fingerprint density at radius 3 is 2.94 bits per heavy atom. The minimum absolute atomic E-state index is 0.391. The van der Waals surface area contributed by atoms with Crippen LogP contribution < -0.4 is 11.1 Å². The van der Waals surface area contributed by atoms with Crippen molar-refractivity contribution in [1.29, 1.82) is 0 Å². The molecule has 0 spiro atoms. The van der Waals surface area contributed by atoms with Crippen molar-refractivity contribution < 1.29 is 14.3 Å². The first kappa shape index (κ1) is 10.9. The van der Waals surface area contributed by atoms with Crippen molar-refractivity contribution in [1.82, 2.24) is 4.98 Å². The molecule has 1 saturated carbocycles. The Bertz CT molecular complexity index is 666. The van der Waals surface area contributed by atoms with Crippen molar-refractivity contribution >= 4 is 22.8 Å². The molecular weight excluding hydrogens is 236 g/mol. The first-order valence-corrected chi connectivity index (χ1v) is 5.69. The molecule has 1 heterocycles. The second-order valence-electron chi connectivity index (χ2n) is 4.66. The van der Waals surface area contributed by atoms with Gasteiger partial charge in [0.2, 0.25) is 0 Å². The summed E-state index contributed by atoms with van der Waals surface area (Å²) in [6.07, 6.45) is 1.41. The Morgan fingerprint density at radius 2 is 2.28 bits per heavy atom. The number of fused-ring (bicyclic) bond motifs is 1. The van der Waals surface area contributed by atoms with Gasteiger partial charge in [0.25, 0.3) is 0 Å². The molecule has 1 aromatic heterocycles. The third-order valence-corrected chi connectivity index (χ3v) is 3.36. The monoisotopic (exact) mass is 248 g/mol. The van der Waals surface area contributed by atoms with Crippen molar-refractivity contribution in [3.8, 4) is 0 Å². The Kier molecular flexibility index (Phi) is 2.19. The minimum atomic E-state index is -0.760. The summed E-state index contributed by atoms with van der Waals surface area (Å²) in [5, 5.41) is 12.1. The molecule has 2 aromatic rings. The number of benzene rings is 1. The van der Waals surface area contributed by atoms with E-state index in [1.165, 1.54) is 0 Å². The summed E-state index contributed by atoms with van der Waals surface area (Å²) in [5.41, 5.74) is 1.22. The van der Waals surface area contributed by atoms with Gasteiger partial charge < -0.3 is 14.8 Å². The Labute approximate surface area is 102 Å². The van der Waals surface area contributed by atoms with Gasteiger partial charge >= 0.3 is 11.7 Å². The summed E-state index contributed by atoms with van der Waals surface area (Å²) < 4.78 is 4.94. The van der Waals surface area contributed by atoms with Crippen molar-refractivity contribution in [3.05, 3.63) is 28.7 Å². The molecule has 0 radical (unpaired) electrons. The highest BCUT2D eigenvalue weighted by molar-refractivity contribution is 5.79. The first-order valence-electron chi connectivity index (χ1n) is 5.69. The molecule has 6 heteroatoms. The number of aromatic nitrogens is 1. The fourth-order valence-electron chi connectivity index (χ4n) is 1.94. The molecule has 1 aliphatic rings. The lowest BCUT2D eigenvalue weighted by Crippen LogP contribution is -2.24. The number of carbonyl (C=O) groups is 1. The van der Waals surface area contributed by atoms with Gasteiger partial charge in [-0.3, -0.25) is 9.78 Å². The third kappa shape index (κ3) is 1.75. The maximum Gasteiger partial charge on any atom is 0.417 e. The summed E-state index contributed by atoms with van der Waals surface area (Å²) in [6, 6.07) is 5.19. The summed E-state index contributed by atoms with van der Waals surface area (Å²) in [6.45, 7) is 0.391. The van der Waals surface area contributed by atoms with Crippen molar-refractivity contribution in [3.63, 3.8) is 0 Å². The molecular formula is C12H12N2O4. The van der Waals surface area contributed by atoms with E-state index in [0.717, 1.165) is 5.69 Å². The highest BCUT2D eigenvalue weighted by Gasteiger charge is 2.49. The zero-order valence-electron chi connectivity index (χ0n) is 9.53. The van der Waals surface area contributed by atoms with Crippen LogP contribution in [0.15, 0.2) is 27.4 Å². The van der Waals surface area contributed by atoms with Crippen LogP contribution in [0.1, 0.15) is 12.8 Å². The van der Waals surface area contributed by atoms with E-state index in [-0.39, 0.29) is 0 Å². The molecule has 1 aromatic carbocycles. The Hall–Kier alpha value is -2.24. The second kappa shape index (κ2) is 3.63. The highest BCUT2D eigenvalue weighted by atomic mass is 16.4. The van der Waals surface area contributed by atoms with Gasteiger partial charge in [-0.25, -0.2) is 4.79 Å². The number of aliphatic carboxylic acids is 1. The Balaban J connectivity index is 1.79. The molecule has 0 unspecified atom stereocenters. The number of hydrogen-bond donors (Lipinski definition) is 3. The average Bonchev–Trinajstić information content (AvgIpc) is 3.03. The standard InChI is InChI=1S/C12H12N2O4/c15-10(16)12(3-4-12)6-13-7-1-2-8-9(5-7)18-11(17)14-8/h1-2,5,13H,3-4,6H2,(H,14,17)(H,15,16). The summed E-state index contributed by atoms with van der Waals surface area (Å²) in [5.74, 6) is -1.25. The van der Waals surface area contributed by atoms with Crippen molar-refractivity contribution in [2.45, 2.75) is 12.8 Å². The van der Waals surface area contributed by atoms with Gasteiger partial charge in [-0.05, 0) is 25.0 Å². The number of carboxylic acid groups (broad SMARTS) is 1. The fraction of sp³-hybridized carbons (Fsp3) is 0.333. The van der Waals surface area contributed by atoms with E-state index in [9.17, 15) is 9.59 Å². The first-order chi connectivity index (χ1) is 8.59. The summed E-state index contributed by atoms with van der Waals surface area (Å²) in [7, 11) is 0. The van der Waals surface area contributed by atoms with E-state index in [1.54, 1.807) is 18.2 Å². The van der Waals surface area contributed by atoms with Gasteiger partial charge in [-0.2, -0.15) is 0 Å². The molecule has 18 heavy (non-hydrogen) atoms. The van der Waals surface area contributed by atoms with Crippen LogP contribution in [0.25, 0.3) is 11.1 Å². The van der Waals surface area contributed by atoms with E-state index in [4.69, 9.17) is 9.52 Å². The number of hydrogen-bond acceptors (Lipinski definition) is 4. The molecule has 0 amide bonds. The molecule has 0 atom stereocenters. The van der Waals surface area contributed by atoms with Gasteiger partial charge in [0.15, 0.2) is 5.58 Å². The maximum absolute atomic E-state index is 11.0. The second-order valence-corrected chi connectivity index (χ2v) is 4.66. The van der Waals surface area contributed by atoms with Gasteiger partial charge in [-0.1, -0.05) is 0 Å². The normalized spacial score (nSPS) is 16.7. The zero-order valence-corrected chi connectivity index (χ0v) is 9.53. The maximum atomic E-state index is 11.0. The van der Waals surface area contributed by atoms with Crippen LogP contribution in [-0.4, -0.2) is 22.6 Å². The molecule has 1 aliphatic carbocycles. The van der Waals surface area contributed by atoms with E-state index >= 15 is 0 Å². The lowest BCUT2D eigenvalue weighted by atomic mass is 10.1. The summed E-state index contributed by atoms with van der Waals surface area (Å²) in [4.78, 5) is 24.6. The molecule has 0 bridgehead atoms.